The first kappa shape index (κ1) is 11.7. The number of hydrogen-bond donors (Lipinski definition) is 0. The van der Waals surface area contributed by atoms with Crippen LogP contribution in [0.5, 0.6) is 0 Å². The molecular weight excluding hydrogens is 188 g/mol. The highest BCUT2D eigenvalue weighted by molar-refractivity contribution is 5.96. The van der Waals surface area contributed by atoms with Crippen LogP contribution in [-0.2, 0) is 4.74 Å². The second kappa shape index (κ2) is 6.96. The summed E-state index contributed by atoms with van der Waals surface area (Å²) in [7, 11) is 0. The molecule has 0 heterocycles. The first-order valence-corrected chi connectivity index (χ1v) is 5.11. The van der Waals surface area contributed by atoms with E-state index in [0.717, 1.165) is 5.56 Å². The number of carbonyl (C=O) groups excluding carboxylic acids is 1. The van der Waals surface area contributed by atoms with E-state index in [1.54, 1.807) is 0 Å². The monoisotopic (exact) mass is 204 g/mol. The van der Waals surface area contributed by atoms with Gasteiger partial charge in [0.1, 0.15) is 0 Å². The molecule has 0 aliphatic carbocycles. The Kier molecular flexibility index (Phi) is 5.41. The molecule has 80 valence electrons. The molecule has 0 saturated carbocycles. The van der Waals surface area contributed by atoms with Gasteiger partial charge in [-0.2, -0.15) is 0 Å². The van der Waals surface area contributed by atoms with Gasteiger partial charge >= 0.3 is 0 Å². The van der Waals surface area contributed by atoms with E-state index in [0.29, 0.717) is 19.6 Å². The number of benzene rings is 1. The second-order valence-corrected chi connectivity index (χ2v) is 3.18. The summed E-state index contributed by atoms with van der Waals surface area (Å²) in [4.78, 5) is 11.6. The fraction of sp³-hybridized carbons (Fsp3) is 0.308. The highest BCUT2D eigenvalue weighted by atomic mass is 16.5. The molecule has 0 N–H and O–H groups in total. The summed E-state index contributed by atoms with van der Waals surface area (Å²) in [6.45, 7) is 3.01. The van der Waals surface area contributed by atoms with E-state index in [4.69, 9.17) is 4.74 Å². The molecule has 0 aliphatic rings. The zero-order valence-electron chi connectivity index (χ0n) is 8.98. The fourth-order valence-corrected chi connectivity index (χ4v) is 1.18. The highest BCUT2D eigenvalue weighted by Crippen LogP contribution is 2.02. The topological polar surface area (TPSA) is 26.3 Å². The molecule has 0 atom stereocenters. The van der Waals surface area contributed by atoms with E-state index in [1.807, 2.05) is 49.4 Å². The van der Waals surface area contributed by atoms with Crippen LogP contribution in [0, 0.1) is 0 Å². The molecule has 15 heavy (non-hydrogen) atoms. The maximum Gasteiger partial charge on any atom is 0.165 e. The van der Waals surface area contributed by atoms with Crippen molar-refractivity contribution in [3.63, 3.8) is 0 Å². The van der Waals surface area contributed by atoms with Gasteiger partial charge in [-0.3, -0.25) is 4.79 Å². The summed E-state index contributed by atoms with van der Waals surface area (Å²) < 4.78 is 5.26. The van der Waals surface area contributed by atoms with Crippen LogP contribution in [0.4, 0.5) is 0 Å². The van der Waals surface area contributed by atoms with Crippen LogP contribution in [-0.4, -0.2) is 19.0 Å². The van der Waals surface area contributed by atoms with Gasteiger partial charge in [0, 0.05) is 12.0 Å². The van der Waals surface area contributed by atoms with Crippen molar-refractivity contribution in [3.8, 4) is 0 Å². The lowest BCUT2D eigenvalue weighted by Crippen LogP contribution is -2.04. The smallest absolute Gasteiger partial charge is 0.165 e. The quantitative estimate of drug-likeness (QED) is 0.404. The van der Waals surface area contributed by atoms with Gasteiger partial charge < -0.3 is 4.74 Å². The number of ether oxygens (including phenoxy) is 1. The molecule has 0 amide bonds. The molecule has 1 aromatic rings. The number of allylic oxidation sites excluding steroid dienone is 1. The van der Waals surface area contributed by atoms with Gasteiger partial charge in [-0.1, -0.05) is 42.5 Å². The molecule has 0 spiro atoms. The van der Waals surface area contributed by atoms with E-state index in [9.17, 15) is 4.79 Å². The Morgan fingerprint density at radius 1 is 1.33 bits per heavy atom. The van der Waals surface area contributed by atoms with E-state index in [-0.39, 0.29) is 5.78 Å². The van der Waals surface area contributed by atoms with Crippen LogP contribution in [0.1, 0.15) is 23.7 Å². The molecule has 0 unspecified atom stereocenters. The van der Waals surface area contributed by atoms with Crippen LogP contribution >= 0.6 is 0 Å². The van der Waals surface area contributed by atoms with Gasteiger partial charge in [-0.05, 0) is 6.92 Å². The number of carbonyl (C=O) groups is 1. The fourth-order valence-electron chi connectivity index (χ4n) is 1.18. The van der Waals surface area contributed by atoms with Gasteiger partial charge in [0.2, 0.25) is 0 Å². The van der Waals surface area contributed by atoms with Gasteiger partial charge in [-0.15, -0.1) is 0 Å². The minimum atomic E-state index is 0.135. The Morgan fingerprint density at radius 3 is 2.73 bits per heavy atom. The van der Waals surface area contributed by atoms with Crippen LogP contribution in [0.15, 0.2) is 42.5 Å². The predicted molar refractivity (Wildman–Crippen MR) is 61.0 cm³/mol. The number of Topliss-reactive ketones (excluding diaryl/α,β-unsaturated/α-hetero) is 1. The predicted octanol–water partition coefficient (Wildman–Crippen LogP) is 2.85. The van der Waals surface area contributed by atoms with Crippen LogP contribution in [0.2, 0.25) is 0 Å². The SMILES string of the molecule is C/C=C/COCCC(=O)c1ccccc1. The lowest BCUT2D eigenvalue weighted by molar-refractivity contribution is 0.0910. The Hall–Kier alpha value is -1.41. The van der Waals surface area contributed by atoms with Crippen molar-refractivity contribution in [2.75, 3.05) is 13.2 Å². The highest BCUT2D eigenvalue weighted by Gasteiger charge is 2.03. The lowest BCUT2D eigenvalue weighted by Gasteiger charge is -2.01. The summed E-state index contributed by atoms with van der Waals surface area (Å²) >= 11 is 0. The largest absolute Gasteiger partial charge is 0.377 e. The van der Waals surface area contributed by atoms with Crippen molar-refractivity contribution in [3.05, 3.63) is 48.0 Å². The normalized spacial score (nSPS) is 10.7. The molecule has 0 saturated heterocycles. The average Bonchev–Trinajstić information content (AvgIpc) is 2.30. The molecule has 1 aromatic carbocycles. The van der Waals surface area contributed by atoms with E-state index in [2.05, 4.69) is 0 Å². The van der Waals surface area contributed by atoms with E-state index in [1.165, 1.54) is 0 Å². The molecule has 0 aliphatic heterocycles. The first-order chi connectivity index (χ1) is 7.34. The van der Waals surface area contributed by atoms with Crippen molar-refractivity contribution in [2.45, 2.75) is 13.3 Å². The molecule has 2 heteroatoms. The minimum Gasteiger partial charge on any atom is -0.377 e. The molecule has 2 nitrogen and oxygen atoms in total. The van der Waals surface area contributed by atoms with Gasteiger partial charge in [0.15, 0.2) is 5.78 Å². The van der Waals surface area contributed by atoms with Gasteiger partial charge in [0.25, 0.3) is 0 Å². The molecular formula is C13H16O2. The maximum atomic E-state index is 11.6. The Bertz CT molecular complexity index is 315. The zero-order chi connectivity index (χ0) is 10.9. The van der Waals surface area contributed by atoms with Crippen molar-refractivity contribution >= 4 is 5.78 Å². The summed E-state index contributed by atoms with van der Waals surface area (Å²) in [6, 6.07) is 9.30. The third kappa shape index (κ3) is 4.56. The van der Waals surface area contributed by atoms with Crippen molar-refractivity contribution in [1.29, 1.82) is 0 Å². The summed E-state index contributed by atoms with van der Waals surface area (Å²) in [5, 5.41) is 0. The molecule has 0 aromatic heterocycles. The van der Waals surface area contributed by atoms with Crippen molar-refractivity contribution in [2.24, 2.45) is 0 Å². The lowest BCUT2D eigenvalue weighted by atomic mass is 10.1. The number of rotatable bonds is 6. The molecule has 0 bridgehead atoms. The zero-order valence-corrected chi connectivity index (χ0v) is 8.98. The molecule has 1 rings (SSSR count). The second-order valence-electron chi connectivity index (χ2n) is 3.18. The van der Waals surface area contributed by atoms with Crippen LogP contribution < -0.4 is 0 Å². The van der Waals surface area contributed by atoms with E-state index >= 15 is 0 Å². The molecule has 0 radical (unpaired) electrons. The Labute approximate surface area is 90.6 Å². The average molecular weight is 204 g/mol. The minimum absolute atomic E-state index is 0.135. The van der Waals surface area contributed by atoms with Crippen LogP contribution in [0.25, 0.3) is 0 Å². The first-order valence-electron chi connectivity index (χ1n) is 5.11. The Balaban J connectivity index is 2.25. The Morgan fingerprint density at radius 2 is 2.07 bits per heavy atom. The van der Waals surface area contributed by atoms with E-state index < -0.39 is 0 Å². The summed E-state index contributed by atoms with van der Waals surface area (Å²) in [6.07, 6.45) is 4.30. The van der Waals surface area contributed by atoms with Crippen LogP contribution in [0.3, 0.4) is 0 Å². The third-order valence-electron chi connectivity index (χ3n) is 2.02. The number of ketones is 1. The summed E-state index contributed by atoms with van der Waals surface area (Å²) in [5.41, 5.74) is 0.757. The van der Waals surface area contributed by atoms with Crippen molar-refractivity contribution < 1.29 is 9.53 Å². The van der Waals surface area contributed by atoms with Gasteiger partial charge in [-0.25, -0.2) is 0 Å². The van der Waals surface area contributed by atoms with Gasteiger partial charge in [0.05, 0.1) is 13.2 Å². The standard InChI is InChI=1S/C13H16O2/c1-2-3-10-15-11-9-13(14)12-7-5-4-6-8-12/h2-8H,9-11H2,1H3/b3-2+. The maximum absolute atomic E-state index is 11.6. The molecule has 0 fully saturated rings. The number of hydrogen-bond acceptors (Lipinski definition) is 2. The summed E-state index contributed by atoms with van der Waals surface area (Å²) in [5.74, 6) is 0.135. The van der Waals surface area contributed by atoms with Crippen molar-refractivity contribution in [1.82, 2.24) is 0 Å². The third-order valence-corrected chi connectivity index (χ3v) is 2.02.